The summed E-state index contributed by atoms with van der Waals surface area (Å²) < 4.78 is 45.8. The van der Waals surface area contributed by atoms with Gasteiger partial charge < -0.3 is 28.3 Å². The van der Waals surface area contributed by atoms with Gasteiger partial charge in [-0.1, -0.05) is 243 Å². The van der Waals surface area contributed by atoms with E-state index in [1.165, 1.54) is 44.4 Å². The van der Waals surface area contributed by atoms with Gasteiger partial charge in [-0.3, -0.25) is 9.59 Å². The van der Waals surface area contributed by atoms with Crippen molar-refractivity contribution in [3.63, 3.8) is 0 Å². The van der Waals surface area contributed by atoms with E-state index in [0.717, 1.165) is 100 Å². The molecule has 19 rings (SSSR count). The molecule has 0 aliphatic carbocycles. The number of rotatable bonds is 20. The minimum atomic E-state index is -1.73. The van der Waals surface area contributed by atoms with E-state index in [4.69, 9.17) is 18.1 Å². The molecule has 0 amide bonds. The van der Waals surface area contributed by atoms with Gasteiger partial charge in [-0.25, -0.2) is 0 Å². The summed E-state index contributed by atoms with van der Waals surface area (Å²) in [5.74, 6) is 2.52. The topological polar surface area (TPSA) is 157 Å². The molecule has 0 aliphatic rings. The van der Waals surface area contributed by atoms with Gasteiger partial charge in [-0.2, -0.15) is 34.7 Å². The van der Waals surface area contributed by atoms with E-state index in [0.29, 0.717) is 0 Å². The van der Waals surface area contributed by atoms with E-state index in [1.807, 2.05) is 152 Å². The van der Waals surface area contributed by atoms with E-state index in [9.17, 15) is 19.8 Å². The minimum Gasteiger partial charge on any atom is -0.876 e. The Labute approximate surface area is 761 Å². The summed E-state index contributed by atoms with van der Waals surface area (Å²) in [4.78, 5) is 20.0. The standard InChI is InChI=1S/2C36H28N4O2P2.3C7H8.2C5H8O2.2Rh/c2*1-3-15-31-29(13-1)17-19-33(41-43(37-21-5-6-22-37)38-23-7-8-24-38)35(31)36-32-16-4-2-14-30(32)18-20-34(36)42-44(39-25-9-10-26-39)40-27-11-12-28-40;3*1-7-5-3-2-4-6-7;2*1-4(6)3-5(2)7;;/h2*1-28H;3*2-6H,1H3;2*3,6H,1-2H3;;/p+2/b;;;;;2*4-3-;;. The van der Waals surface area contributed by atoms with Crippen molar-refractivity contribution in [1.29, 1.82) is 0 Å². The van der Waals surface area contributed by atoms with Crippen LogP contribution in [0.3, 0.4) is 0 Å². The molecule has 0 saturated heterocycles. The third-order valence-electron chi connectivity index (χ3n) is 19.1. The van der Waals surface area contributed by atoms with Gasteiger partial charge in [0.05, 0.1) is 0 Å². The molecule has 0 fully saturated rings. The quantitative estimate of drug-likeness (QED) is 0.0316. The monoisotopic (exact) mass is 1900 g/mol. The largest absolute Gasteiger partial charge is 0.876 e. The fourth-order valence-electron chi connectivity index (χ4n) is 13.6. The van der Waals surface area contributed by atoms with E-state index >= 15 is 0 Å². The normalized spacial score (nSPS) is 10.9. The van der Waals surface area contributed by atoms with Crippen molar-refractivity contribution in [2.75, 3.05) is 0 Å². The van der Waals surface area contributed by atoms with Crippen LogP contribution in [0.1, 0.15) is 44.4 Å². The van der Waals surface area contributed by atoms with Crippen LogP contribution in [-0.2, 0) is 48.5 Å². The first-order valence-electron chi connectivity index (χ1n) is 40.2. The van der Waals surface area contributed by atoms with Crippen LogP contribution in [0.5, 0.6) is 23.0 Å². The molecule has 0 bridgehead atoms. The van der Waals surface area contributed by atoms with Crippen LogP contribution in [0.2, 0.25) is 0 Å². The molecule has 0 saturated carbocycles. The second-order valence-corrected chi connectivity index (χ2v) is 35.8. The van der Waals surface area contributed by atoms with Gasteiger partial charge in [0.15, 0.2) is 34.6 Å². The molecule has 0 spiro atoms. The first-order chi connectivity index (χ1) is 60.1. The number of aromatic nitrogens is 8. The van der Waals surface area contributed by atoms with Gasteiger partial charge in [0.25, 0.3) is 0 Å². The molecule has 0 atom stereocenters. The zero-order chi connectivity index (χ0) is 85.7. The number of ketones is 2. The summed E-state index contributed by atoms with van der Waals surface area (Å²) in [5, 5.41) is 29.0. The summed E-state index contributed by atoms with van der Waals surface area (Å²) in [6.45, 7) is 11.6. The Morgan fingerprint density at radius 1 is 0.232 bits per heavy atom. The maximum Gasteiger partial charge on any atom is 0.376 e. The first-order valence-corrected chi connectivity index (χ1v) is 45.4. The summed E-state index contributed by atoms with van der Waals surface area (Å²) in [6.07, 6.45) is 35.3. The van der Waals surface area contributed by atoms with E-state index < -0.39 is 33.8 Å². The van der Waals surface area contributed by atoms with Gasteiger partial charge in [0.1, 0.15) is 0 Å². The minimum absolute atomic E-state index is 0. The summed E-state index contributed by atoms with van der Waals surface area (Å²) in [5.41, 5.74) is 8.07. The van der Waals surface area contributed by atoms with Crippen molar-refractivity contribution in [2.24, 2.45) is 0 Å². The Morgan fingerprint density at radius 2 is 0.392 bits per heavy atom. The predicted molar refractivity (Wildman–Crippen MR) is 511 cm³/mol. The van der Waals surface area contributed by atoms with Crippen molar-refractivity contribution < 1.29 is 76.9 Å². The maximum absolute atomic E-state index is 9.98. The van der Waals surface area contributed by atoms with Crippen molar-refractivity contribution in [1.82, 2.24) is 34.7 Å². The number of aryl methyl sites for hydroxylation is 3. The molecular weight excluding hydrogens is 1810 g/mol. The average molecular weight is 1910 g/mol. The summed E-state index contributed by atoms with van der Waals surface area (Å²) >= 11 is 0. The third-order valence-corrected chi connectivity index (χ3v) is 26.6. The van der Waals surface area contributed by atoms with Crippen molar-refractivity contribution in [2.45, 2.75) is 48.5 Å². The molecule has 0 N–H and O–H groups in total. The molecule has 19 aromatic rings. The molecule has 8 heterocycles. The van der Waals surface area contributed by atoms with Crippen LogP contribution in [0.15, 0.2) is 456 Å². The predicted octanol–water partition coefficient (Wildman–Crippen LogP) is 25.1. The van der Waals surface area contributed by atoms with E-state index in [1.54, 1.807) is 0 Å². The number of nitrogens with zero attached hydrogens (tertiary/aromatic N) is 8. The van der Waals surface area contributed by atoms with Crippen LogP contribution < -0.4 is 28.3 Å². The number of carbonyl (C=O) groups is 2. The Kier molecular flexibility index (Phi) is 35.1. The number of allylic oxidation sites excluding steroid dienone is 4. The SMILES string of the molecule is CC(=O)/C=C(/C)[O-].CC(=O)/C=C(/C)[O-].Cc1ccccc1.Cc1ccccc1.Cc1ccccc1.[Rh].[Rh].c1ccc2c(-c3c(O[PH+](n4cccc4)n4cccc4)ccc4ccccc34)c(O[PH+](n3cccc3)n3cccc3)ccc2c1.c1ccc2c(-c3c(O[PH+](n4cccc4)n4cccc4)ccc4ccccc34)c(O[PH+](n3cccc3)n3cccc3)ccc2c1. The van der Waals surface area contributed by atoms with Crippen LogP contribution in [0.4, 0.5) is 0 Å². The molecule has 0 unspecified atom stereocenters. The Bertz CT molecular complexity index is 5620. The van der Waals surface area contributed by atoms with Gasteiger partial charge in [0.2, 0.25) is 0 Å². The van der Waals surface area contributed by atoms with E-state index in [2.05, 4.69) is 337 Å². The summed E-state index contributed by atoms with van der Waals surface area (Å²) in [7, 11) is -6.92. The zero-order valence-electron chi connectivity index (χ0n) is 70.2. The fraction of sp³-hybridized carbons (Fsp3) is 0.0680. The average Bonchev–Trinajstić information content (AvgIpc) is 1.72. The molecule has 634 valence electrons. The second-order valence-electron chi connectivity index (χ2n) is 28.6. The number of hydrogen-bond acceptors (Lipinski definition) is 8. The third kappa shape index (κ3) is 25.7. The van der Waals surface area contributed by atoms with Crippen LogP contribution in [0, 0.1) is 20.8 Å². The Morgan fingerprint density at radius 3 is 0.528 bits per heavy atom. The van der Waals surface area contributed by atoms with Gasteiger partial charge in [-0.15, -0.1) is 11.5 Å². The number of hydrogen-bond donors (Lipinski definition) is 0. The summed E-state index contributed by atoms with van der Waals surface area (Å²) in [6, 6.07) is 115. The molecular formula is C103H98N8O8P4Rh2+2. The Hall–Kier alpha value is -12.7. The van der Waals surface area contributed by atoms with E-state index in [-0.39, 0.29) is 62.0 Å². The molecule has 22 heteroatoms. The molecule has 8 aromatic heterocycles. The van der Waals surface area contributed by atoms with Crippen LogP contribution in [0.25, 0.3) is 65.3 Å². The zero-order valence-corrected chi connectivity index (χ0v) is 77.4. The molecule has 0 aliphatic heterocycles. The molecule has 16 nitrogen and oxygen atoms in total. The number of benzene rings is 11. The molecule has 11 aromatic carbocycles. The number of carbonyl (C=O) groups excluding carboxylic acids is 2. The fourth-order valence-corrected chi connectivity index (χ4v) is 20.4. The molecule has 125 heavy (non-hydrogen) atoms. The van der Waals surface area contributed by atoms with Gasteiger partial charge >= 0.3 is 33.8 Å². The second kappa shape index (κ2) is 47.2. The Balaban J connectivity index is 0.000000173. The van der Waals surface area contributed by atoms with Gasteiger partial charge in [-0.05, 0) is 211 Å². The van der Waals surface area contributed by atoms with Crippen LogP contribution in [-0.4, -0.2) is 46.3 Å². The number of fused-ring (bicyclic) bond motifs is 4. The van der Waals surface area contributed by atoms with Crippen molar-refractivity contribution in [3.05, 3.63) is 473 Å². The van der Waals surface area contributed by atoms with Crippen LogP contribution >= 0.6 is 33.8 Å². The smallest absolute Gasteiger partial charge is 0.376 e. The van der Waals surface area contributed by atoms with Gasteiger partial charge in [0, 0.05) is 160 Å². The first kappa shape index (κ1) is 93.0. The molecule has 2 radical (unpaired) electrons. The maximum atomic E-state index is 9.98. The van der Waals surface area contributed by atoms with Crippen molar-refractivity contribution >= 4 is 88.5 Å². The van der Waals surface area contributed by atoms with Crippen molar-refractivity contribution in [3.8, 4) is 45.3 Å².